The molecule has 0 aliphatic heterocycles. The van der Waals surface area contributed by atoms with Crippen LogP contribution in [0.1, 0.15) is 33.3 Å². The van der Waals surface area contributed by atoms with Gasteiger partial charge in [0.2, 0.25) is 0 Å². The molecule has 0 bridgehead atoms. The average molecular weight is 381 g/mol. The fraction of sp³-hybridized carbons (Fsp3) is 0.526. The number of nitrogens with zero attached hydrogens (tertiary/aromatic N) is 1. The number of benzene rings is 1. The summed E-state index contributed by atoms with van der Waals surface area (Å²) in [6.07, 6.45) is 2.67. The van der Waals surface area contributed by atoms with Crippen LogP contribution < -0.4 is 10.6 Å². The predicted molar refractivity (Wildman–Crippen MR) is 109 cm³/mol. The summed E-state index contributed by atoms with van der Waals surface area (Å²) in [7, 11) is -0.908. The number of nitrogens with one attached hydrogen (secondary N) is 3. The molecular weight excluding hydrogens is 351 g/mol. The number of H-pyrrole nitrogens is 1. The molecule has 2 rings (SSSR count). The molecule has 0 amide bonds. The van der Waals surface area contributed by atoms with Gasteiger partial charge in [-0.25, -0.2) is 4.39 Å². The Bertz CT molecular complexity index is 779. The lowest BCUT2D eigenvalue weighted by Crippen LogP contribution is -2.38. The van der Waals surface area contributed by atoms with Crippen LogP contribution >= 0.6 is 0 Å². The van der Waals surface area contributed by atoms with Gasteiger partial charge in [0.1, 0.15) is 5.82 Å². The summed E-state index contributed by atoms with van der Waals surface area (Å²) in [5.41, 5.74) is 2.00. The van der Waals surface area contributed by atoms with Crippen LogP contribution in [-0.2, 0) is 17.2 Å². The standard InChI is InChI=1S/C19H29FN4OS/c1-5-21-18(23-10-11-26(25)19(2,3)4)22-9-8-14-13-24-17-7-6-15(20)12-16(14)17/h6-7,12-13,24H,5,8-11H2,1-4H3,(H2,21,22,23). The number of aliphatic imine (C=N–C) groups is 1. The highest BCUT2D eigenvalue weighted by atomic mass is 32.2. The molecule has 0 spiro atoms. The third-order valence-electron chi connectivity index (χ3n) is 3.99. The molecule has 2 aromatic rings. The van der Waals surface area contributed by atoms with Crippen LogP contribution in [0.25, 0.3) is 10.9 Å². The largest absolute Gasteiger partial charge is 0.361 e. The van der Waals surface area contributed by atoms with Crippen LogP contribution in [0.4, 0.5) is 4.39 Å². The summed E-state index contributed by atoms with van der Waals surface area (Å²) in [6, 6.07) is 4.77. The van der Waals surface area contributed by atoms with Crippen molar-refractivity contribution < 1.29 is 8.60 Å². The van der Waals surface area contributed by atoms with Gasteiger partial charge < -0.3 is 15.6 Å². The Balaban J connectivity index is 1.90. The minimum Gasteiger partial charge on any atom is -0.361 e. The molecule has 1 unspecified atom stereocenters. The zero-order valence-electron chi connectivity index (χ0n) is 16.0. The number of halogens is 1. The topological polar surface area (TPSA) is 69.3 Å². The van der Waals surface area contributed by atoms with Crippen molar-refractivity contribution in [1.82, 2.24) is 15.6 Å². The van der Waals surface area contributed by atoms with Gasteiger partial charge in [-0.15, -0.1) is 0 Å². The van der Waals surface area contributed by atoms with Crippen molar-refractivity contribution in [2.24, 2.45) is 4.99 Å². The molecule has 1 aromatic heterocycles. The highest BCUT2D eigenvalue weighted by Crippen LogP contribution is 2.19. The van der Waals surface area contributed by atoms with Gasteiger partial charge >= 0.3 is 0 Å². The molecule has 3 N–H and O–H groups in total. The number of aromatic nitrogens is 1. The van der Waals surface area contributed by atoms with E-state index in [9.17, 15) is 8.60 Å². The van der Waals surface area contributed by atoms with Crippen LogP contribution in [0.15, 0.2) is 29.4 Å². The first-order valence-corrected chi connectivity index (χ1v) is 10.3. The molecule has 1 aromatic carbocycles. The Labute approximate surface area is 157 Å². The number of aromatic amines is 1. The fourth-order valence-corrected chi connectivity index (χ4v) is 3.43. The first-order valence-electron chi connectivity index (χ1n) is 8.97. The van der Waals surface area contributed by atoms with E-state index in [0.717, 1.165) is 29.4 Å². The van der Waals surface area contributed by atoms with Crippen LogP contribution in [-0.4, -0.2) is 45.3 Å². The number of hydrogen-bond donors (Lipinski definition) is 3. The maximum atomic E-state index is 13.4. The maximum Gasteiger partial charge on any atom is 0.191 e. The van der Waals surface area contributed by atoms with Gasteiger partial charge in [0, 0.05) is 51.5 Å². The van der Waals surface area contributed by atoms with Crippen molar-refractivity contribution in [3.63, 3.8) is 0 Å². The van der Waals surface area contributed by atoms with E-state index in [1.165, 1.54) is 6.07 Å². The van der Waals surface area contributed by atoms with E-state index in [1.807, 2.05) is 33.9 Å². The van der Waals surface area contributed by atoms with Crippen molar-refractivity contribution in [3.8, 4) is 0 Å². The summed E-state index contributed by atoms with van der Waals surface area (Å²) in [6.45, 7) is 9.87. The second-order valence-electron chi connectivity index (χ2n) is 7.10. The van der Waals surface area contributed by atoms with Gasteiger partial charge in [-0.1, -0.05) is 0 Å². The molecule has 0 aliphatic carbocycles. The smallest absolute Gasteiger partial charge is 0.191 e. The summed E-state index contributed by atoms with van der Waals surface area (Å²) in [5.74, 6) is 1.03. The predicted octanol–water partition coefficient (Wildman–Crippen LogP) is 2.95. The average Bonchev–Trinajstić information content (AvgIpc) is 2.96. The number of guanidine groups is 1. The summed E-state index contributed by atoms with van der Waals surface area (Å²) < 4.78 is 25.3. The van der Waals surface area contributed by atoms with E-state index in [4.69, 9.17) is 0 Å². The molecule has 1 atom stereocenters. The molecular formula is C19H29FN4OS. The second kappa shape index (κ2) is 9.16. The van der Waals surface area contributed by atoms with Crippen molar-refractivity contribution >= 4 is 27.7 Å². The lowest BCUT2D eigenvalue weighted by molar-refractivity contribution is 0.629. The summed E-state index contributed by atoms with van der Waals surface area (Å²) in [4.78, 5) is 7.66. The number of rotatable bonds is 7. The Hall–Kier alpha value is -1.89. The molecule has 0 aliphatic rings. The highest BCUT2D eigenvalue weighted by molar-refractivity contribution is 7.86. The van der Waals surface area contributed by atoms with Crippen LogP contribution in [0.3, 0.4) is 0 Å². The zero-order valence-corrected chi connectivity index (χ0v) is 16.8. The van der Waals surface area contributed by atoms with Gasteiger partial charge in [0.15, 0.2) is 5.96 Å². The van der Waals surface area contributed by atoms with E-state index in [1.54, 1.807) is 12.1 Å². The van der Waals surface area contributed by atoms with Gasteiger partial charge in [-0.05, 0) is 57.9 Å². The minimum atomic E-state index is -0.908. The van der Waals surface area contributed by atoms with Gasteiger partial charge in [-0.3, -0.25) is 9.20 Å². The van der Waals surface area contributed by atoms with Crippen molar-refractivity contribution in [1.29, 1.82) is 0 Å². The van der Waals surface area contributed by atoms with Crippen molar-refractivity contribution in [2.75, 3.05) is 25.4 Å². The zero-order chi connectivity index (χ0) is 19.2. The van der Waals surface area contributed by atoms with Crippen LogP contribution in [0, 0.1) is 5.82 Å². The Kier molecular flexibility index (Phi) is 7.20. The lowest BCUT2D eigenvalue weighted by Gasteiger charge is -2.17. The molecule has 0 radical (unpaired) electrons. The first-order chi connectivity index (χ1) is 12.3. The van der Waals surface area contributed by atoms with E-state index in [0.29, 0.717) is 24.8 Å². The highest BCUT2D eigenvalue weighted by Gasteiger charge is 2.18. The maximum absolute atomic E-state index is 13.4. The summed E-state index contributed by atoms with van der Waals surface area (Å²) in [5, 5.41) is 7.39. The van der Waals surface area contributed by atoms with Crippen LogP contribution in [0.5, 0.6) is 0 Å². The number of hydrogen-bond acceptors (Lipinski definition) is 2. The normalized spacial score (nSPS) is 13.8. The monoisotopic (exact) mass is 380 g/mol. The lowest BCUT2D eigenvalue weighted by atomic mass is 10.1. The van der Waals surface area contributed by atoms with E-state index < -0.39 is 10.8 Å². The second-order valence-corrected chi connectivity index (χ2v) is 9.43. The quantitative estimate of drug-likeness (QED) is 0.511. The molecule has 144 valence electrons. The molecule has 0 saturated carbocycles. The molecule has 0 fully saturated rings. The molecule has 26 heavy (non-hydrogen) atoms. The first kappa shape index (κ1) is 20.4. The van der Waals surface area contributed by atoms with Crippen molar-refractivity contribution in [3.05, 3.63) is 35.8 Å². The number of fused-ring (bicyclic) bond motifs is 1. The van der Waals surface area contributed by atoms with Gasteiger partial charge in [0.25, 0.3) is 0 Å². The Morgan fingerprint density at radius 1 is 1.31 bits per heavy atom. The minimum absolute atomic E-state index is 0.216. The van der Waals surface area contributed by atoms with Gasteiger partial charge in [0.05, 0.1) is 6.54 Å². The molecule has 1 heterocycles. The Morgan fingerprint density at radius 2 is 2.08 bits per heavy atom. The Morgan fingerprint density at radius 3 is 2.77 bits per heavy atom. The fourth-order valence-electron chi connectivity index (χ4n) is 2.56. The van der Waals surface area contributed by atoms with Crippen molar-refractivity contribution in [2.45, 2.75) is 38.9 Å². The molecule has 5 nitrogen and oxygen atoms in total. The van der Waals surface area contributed by atoms with Gasteiger partial charge in [-0.2, -0.15) is 0 Å². The third-order valence-corrected chi connectivity index (χ3v) is 5.91. The van der Waals surface area contributed by atoms with Crippen LogP contribution in [0.2, 0.25) is 0 Å². The van der Waals surface area contributed by atoms with E-state index >= 15 is 0 Å². The molecule has 0 saturated heterocycles. The molecule has 7 heteroatoms. The van der Waals surface area contributed by atoms with E-state index in [2.05, 4.69) is 20.6 Å². The summed E-state index contributed by atoms with van der Waals surface area (Å²) >= 11 is 0. The SMILES string of the molecule is CCNC(=NCCS(=O)C(C)(C)C)NCCc1c[nH]c2ccc(F)cc12. The van der Waals surface area contributed by atoms with E-state index in [-0.39, 0.29) is 10.6 Å². The third kappa shape index (κ3) is 5.83.